The maximum absolute atomic E-state index is 10.3. The molecule has 7 nitrogen and oxygen atoms in total. The molecule has 0 spiro atoms. The minimum absolute atomic E-state index is 0.234. The first-order valence-electron chi connectivity index (χ1n) is 11.6. The maximum Gasteiger partial charge on any atom is 0.161 e. The maximum atomic E-state index is 10.3. The lowest BCUT2D eigenvalue weighted by Crippen LogP contribution is -2.37. The second kappa shape index (κ2) is 12.6. The zero-order chi connectivity index (χ0) is 22.8. The van der Waals surface area contributed by atoms with E-state index in [1.54, 1.807) is 19.5 Å². The SMILES string of the molecule is CCN(CC)C[C@@H](O)COc1cc(CN2CCC(Oc3cccnc3)CC2)ccc1OC. The number of hydrogen-bond acceptors (Lipinski definition) is 7. The van der Waals surface area contributed by atoms with Crippen LogP contribution in [0, 0.1) is 0 Å². The van der Waals surface area contributed by atoms with Gasteiger partial charge in [-0.25, -0.2) is 0 Å². The van der Waals surface area contributed by atoms with E-state index in [-0.39, 0.29) is 12.7 Å². The van der Waals surface area contributed by atoms with E-state index in [1.807, 2.05) is 24.3 Å². The van der Waals surface area contributed by atoms with Gasteiger partial charge in [-0.3, -0.25) is 9.88 Å². The zero-order valence-electron chi connectivity index (χ0n) is 19.6. The quantitative estimate of drug-likeness (QED) is 0.540. The summed E-state index contributed by atoms with van der Waals surface area (Å²) in [6.45, 7) is 9.67. The van der Waals surface area contributed by atoms with Crippen molar-refractivity contribution in [2.45, 2.75) is 45.4 Å². The molecule has 176 valence electrons. The van der Waals surface area contributed by atoms with Crippen molar-refractivity contribution < 1.29 is 19.3 Å². The topological polar surface area (TPSA) is 67.3 Å². The Bertz CT molecular complexity index is 793. The third kappa shape index (κ3) is 7.36. The molecule has 1 atom stereocenters. The Labute approximate surface area is 191 Å². The molecular weight excluding hydrogens is 406 g/mol. The first-order valence-corrected chi connectivity index (χ1v) is 11.6. The average Bonchev–Trinajstić information content (AvgIpc) is 2.83. The Morgan fingerprint density at radius 2 is 1.94 bits per heavy atom. The molecule has 1 aromatic carbocycles. The molecule has 1 aliphatic rings. The fourth-order valence-corrected chi connectivity index (χ4v) is 4.00. The highest BCUT2D eigenvalue weighted by molar-refractivity contribution is 5.43. The predicted molar refractivity (Wildman–Crippen MR) is 125 cm³/mol. The van der Waals surface area contributed by atoms with Crippen LogP contribution in [0.15, 0.2) is 42.7 Å². The molecule has 1 aliphatic heterocycles. The van der Waals surface area contributed by atoms with Crippen LogP contribution in [-0.2, 0) is 6.54 Å². The molecule has 1 N–H and O–H groups in total. The van der Waals surface area contributed by atoms with Gasteiger partial charge in [-0.05, 0) is 55.8 Å². The second-order valence-electron chi connectivity index (χ2n) is 8.22. The smallest absolute Gasteiger partial charge is 0.161 e. The third-order valence-corrected chi connectivity index (χ3v) is 5.90. The lowest BCUT2D eigenvalue weighted by Gasteiger charge is -2.32. The molecule has 3 rings (SSSR count). The molecule has 7 heteroatoms. The lowest BCUT2D eigenvalue weighted by molar-refractivity contribution is 0.0704. The van der Waals surface area contributed by atoms with Gasteiger partial charge in [-0.1, -0.05) is 19.9 Å². The van der Waals surface area contributed by atoms with Gasteiger partial charge in [0, 0.05) is 32.4 Å². The van der Waals surface area contributed by atoms with Crippen molar-refractivity contribution in [3.8, 4) is 17.2 Å². The summed E-state index contributed by atoms with van der Waals surface area (Å²) >= 11 is 0. The molecule has 32 heavy (non-hydrogen) atoms. The number of rotatable bonds is 12. The summed E-state index contributed by atoms with van der Waals surface area (Å²) in [7, 11) is 1.64. The molecular formula is C25H37N3O4. The van der Waals surface area contributed by atoms with Gasteiger partial charge >= 0.3 is 0 Å². The first kappa shape index (κ1) is 24.3. The van der Waals surface area contributed by atoms with Crippen molar-refractivity contribution >= 4 is 0 Å². The fourth-order valence-electron chi connectivity index (χ4n) is 4.00. The standard InChI is InChI=1S/C25H37N3O4/c1-4-27(5-2)18-21(29)19-31-25-15-20(8-9-24(25)30-3)17-28-13-10-22(11-14-28)32-23-7-6-12-26-16-23/h6-9,12,15-16,21-22,29H,4-5,10-11,13-14,17-19H2,1-3H3/t21-/m1/s1. The Morgan fingerprint density at radius 3 is 2.59 bits per heavy atom. The number of benzene rings is 1. The van der Waals surface area contributed by atoms with Crippen LogP contribution in [0.5, 0.6) is 17.2 Å². The van der Waals surface area contributed by atoms with Gasteiger partial charge in [0.05, 0.1) is 13.3 Å². The molecule has 1 fully saturated rings. The molecule has 1 aromatic heterocycles. The van der Waals surface area contributed by atoms with Crippen molar-refractivity contribution in [2.24, 2.45) is 0 Å². The number of aliphatic hydroxyl groups excluding tert-OH is 1. The number of likely N-dealkylation sites (N-methyl/N-ethyl adjacent to an activating group) is 1. The van der Waals surface area contributed by atoms with Crippen molar-refractivity contribution in [3.63, 3.8) is 0 Å². The van der Waals surface area contributed by atoms with Crippen molar-refractivity contribution in [2.75, 3.05) is 46.4 Å². The van der Waals surface area contributed by atoms with Gasteiger partial charge in [-0.15, -0.1) is 0 Å². The monoisotopic (exact) mass is 443 g/mol. The molecule has 2 heterocycles. The summed E-state index contributed by atoms with van der Waals surface area (Å²) in [4.78, 5) is 8.73. The van der Waals surface area contributed by atoms with E-state index in [0.717, 1.165) is 51.3 Å². The normalized spacial score (nSPS) is 16.2. The van der Waals surface area contributed by atoms with Crippen molar-refractivity contribution in [1.29, 1.82) is 0 Å². The van der Waals surface area contributed by atoms with Gasteiger partial charge in [0.15, 0.2) is 11.5 Å². The number of pyridine rings is 1. The van der Waals surface area contributed by atoms with Crippen LogP contribution in [-0.4, -0.2) is 78.5 Å². The van der Waals surface area contributed by atoms with Crippen LogP contribution in [0.25, 0.3) is 0 Å². The zero-order valence-corrected chi connectivity index (χ0v) is 19.6. The molecule has 0 amide bonds. The number of hydrogen-bond donors (Lipinski definition) is 1. The van der Waals surface area contributed by atoms with E-state index in [9.17, 15) is 5.11 Å². The fraction of sp³-hybridized carbons (Fsp3) is 0.560. The summed E-state index contributed by atoms with van der Waals surface area (Å²) in [6, 6.07) is 9.91. The van der Waals surface area contributed by atoms with Crippen LogP contribution >= 0.6 is 0 Å². The number of nitrogens with zero attached hydrogens (tertiary/aromatic N) is 3. The summed E-state index contributed by atoms with van der Waals surface area (Å²) in [5, 5.41) is 10.3. The minimum Gasteiger partial charge on any atom is -0.493 e. The summed E-state index contributed by atoms with van der Waals surface area (Å²) in [5.41, 5.74) is 1.17. The van der Waals surface area contributed by atoms with Crippen molar-refractivity contribution in [1.82, 2.24) is 14.8 Å². The number of likely N-dealkylation sites (tertiary alicyclic amines) is 1. The largest absolute Gasteiger partial charge is 0.493 e. The van der Waals surface area contributed by atoms with Crippen LogP contribution in [0.3, 0.4) is 0 Å². The van der Waals surface area contributed by atoms with Crippen LogP contribution in [0.2, 0.25) is 0 Å². The molecule has 0 radical (unpaired) electrons. The number of ether oxygens (including phenoxy) is 3. The van der Waals surface area contributed by atoms with E-state index in [2.05, 4.69) is 34.7 Å². The van der Waals surface area contributed by atoms with Crippen LogP contribution in [0.4, 0.5) is 0 Å². The Balaban J connectivity index is 1.50. The summed E-state index contributed by atoms with van der Waals surface area (Å²) in [5.74, 6) is 2.21. The number of piperidine rings is 1. The second-order valence-corrected chi connectivity index (χ2v) is 8.22. The van der Waals surface area contributed by atoms with Gasteiger partial charge in [0.25, 0.3) is 0 Å². The molecule has 2 aromatic rings. The molecule has 0 saturated carbocycles. The Hall–Kier alpha value is -2.35. The summed E-state index contributed by atoms with van der Waals surface area (Å²) in [6.07, 6.45) is 5.20. The first-order chi connectivity index (χ1) is 15.6. The van der Waals surface area contributed by atoms with Crippen LogP contribution < -0.4 is 14.2 Å². The number of aromatic nitrogens is 1. The Kier molecular flexibility index (Phi) is 9.59. The molecule has 1 saturated heterocycles. The van der Waals surface area contributed by atoms with Crippen LogP contribution in [0.1, 0.15) is 32.3 Å². The van der Waals surface area contributed by atoms with Gasteiger partial charge in [0.1, 0.15) is 24.6 Å². The predicted octanol–water partition coefficient (Wildman–Crippen LogP) is 3.22. The highest BCUT2D eigenvalue weighted by Crippen LogP contribution is 2.29. The van der Waals surface area contributed by atoms with E-state index >= 15 is 0 Å². The third-order valence-electron chi connectivity index (χ3n) is 5.90. The van der Waals surface area contributed by atoms with E-state index in [4.69, 9.17) is 14.2 Å². The molecule has 0 unspecified atom stereocenters. The lowest BCUT2D eigenvalue weighted by atomic mass is 10.1. The number of methoxy groups -OCH3 is 1. The van der Waals surface area contributed by atoms with E-state index in [1.165, 1.54) is 5.56 Å². The number of aliphatic hydroxyl groups is 1. The summed E-state index contributed by atoms with van der Waals surface area (Å²) < 4.78 is 17.5. The minimum atomic E-state index is -0.540. The Morgan fingerprint density at radius 1 is 1.16 bits per heavy atom. The van der Waals surface area contributed by atoms with E-state index in [0.29, 0.717) is 18.0 Å². The average molecular weight is 444 g/mol. The molecule has 0 bridgehead atoms. The van der Waals surface area contributed by atoms with Gasteiger partial charge < -0.3 is 24.2 Å². The van der Waals surface area contributed by atoms with E-state index < -0.39 is 6.10 Å². The highest BCUT2D eigenvalue weighted by atomic mass is 16.5. The van der Waals surface area contributed by atoms with Crippen molar-refractivity contribution in [3.05, 3.63) is 48.3 Å². The molecule has 0 aliphatic carbocycles. The van der Waals surface area contributed by atoms with Gasteiger partial charge in [0.2, 0.25) is 0 Å². The van der Waals surface area contributed by atoms with Gasteiger partial charge in [-0.2, -0.15) is 0 Å². The highest BCUT2D eigenvalue weighted by Gasteiger charge is 2.21.